The van der Waals surface area contributed by atoms with Crippen molar-refractivity contribution in [2.75, 3.05) is 47.5 Å². The second kappa shape index (κ2) is 57.9. The number of aliphatic carboxylic acids is 1. The van der Waals surface area contributed by atoms with Crippen LogP contribution in [0.4, 0.5) is 0 Å². The van der Waals surface area contributed by atoms with Crippen molar-refractivity contribution in [1.82, 2.24) is 0 Å². The Morgan fingerprint density at radius 3 is 1.05 bits per heavy atom. The van der Waals surface area contributed by atoms with Crippen LogP contribution in [0.1, 0.15) is 322 Å². The maximum Gasteiger partial charge on any atom is 0.361 e. The summed E-state index contributed by atoms with van der Waals surface area (Å²) in [5, 5.41) is 9.72. The Hall–Kier alpha value is -2.23. The van der Waals surface area contributed by atoms with Gasteiger partial charge < -0.3 is 28.5 Å². The van der Waals surface area contributed by atoms with Gasteiger partial charge in [-0.15, -0.1) is 0 Å². The molecule has 0 fully saturated rings. The second-order valence-electron chi connectivity index (χ2n) is 23.4. The number of esters is 2. The van der Waals surface area contributed by atoms with E-state index in [2.05, 4.69) is 38.2 Å². The van der Waals surface area contributed by atoms with Crippen molar-refractivity contribution in [3.63, 3.8) is 0 Å². The highest BCUT2D eigenvalue weighted by Crippen LogP contribution is 2.18. The Morgan fingerprint density at radius 1 is 0.400 bits per heavy atom. The Bertz CT molecular complexity index is 1280. The smallest absolute Gasteiger partial charge is 0.361 e. The number of carboxylic acid groups (broad SMARTS) is 1. The molecule has 0 aromatic heterocycles. The van der Waals surface area contributed by atoms with Gasteiger partial charge in [-0.25, -0.2) is 4.79 Å². The third kappa shape index (κ3) is 59.3. The van der Waals surface area contributed by atoms with E-state index in [1.165, 1.54) is 250 Å². The summed E-state index contributed by atoms with van der Waals surface area (Å²) in [6.45, 7) is 4.93. The summed E-state index contributed by atoms with van der Waals surface area (Å²) in [4.78, 5) is 37.5. The van der Waals surface area contributed by atoms with E-state index in [-0.39, 0.29) is 38.2 Å². The summed E-state index contributed by atoms with van der Waals surface area (Å²) in [7, 11) is 5.98. The van der Waals surface area contributed by atoms with Gasteiger partial charge in [0.2, 0.25) is 0 Å². The standard InChI is InChI=1S/C66H125NO8/c1-6-8-10-12-14-16-18-20-22-24-26-28-30-31-32-33-35-36-38-40-42-44-46-48-50-52-54-56-63(68)73-60-62(61-74-66(65(70)71)72-59-58-67(3,4)5)75-64(69)57-55-53-51-49-47-45-43-41-39-37-34-29-27-25-23-21-19-17-15-13-11-9-7-2/h19,21,25,27,62,66H,6-18,20,22-24,26,28-61H2,1-5H3/p+1/b21-19-,27-25-. The molecule has 0 spiro atoms. The predicted octanol–water partition coefficient (Wildman–Crippen LogP) is 19.5. The van der Waals surface area contributed by atoms with Gasteiger partial charge in [0.1, 0.15) is 13.2 Å². The highest BCUT2D eigenvalue weighted by molar-refractivity contribution is 5.71. The van der Waals surface area contributed by atoms with E-state index in [1.54, 1.807) is 0 Å². The lowest BCUT2D eigenvalue weighted by Crippen LogP contribution is -2.40. The van der Waals surface area contributed by atoms with E-state index in [9.17, 15) is 19.5 Å². The molecule has 9 heteroatoms. The molecule has 0 saturated carbocycles. The average Bonchev–Trinajstić information content (AvgIpc) is 3.38. The van der Waals surface area contributed by atoms with Crippen LogP contribution in [0.2, 0.25) is 0 Å². The quantitative estimate of drug-likeness (QED) is 0.0211. The van der Waals surface area contributed by atoms with E-state index < -0.39 is 18.4 Å². The summed E-state index contributed by atoms with van der Waals surface area (Å²) in [5.41, 5.74) is 0. The molecule has 2 atom stereocenters. The zero-order chi connectivity index (χ0) is 54.8. The van der Waals surface area contributed by atoms with E-state index in [0.29, 0.717) is 17.4 Å². The summed E-state index contributed by atoms with van der Waals surface area (Å²) in [5.74, 6) is -1.98. The average molecular weight is 1060 g/mol. The van der Waals surface area contributed by atoms with Gasteiger partial charge in [0.25, 0.3) is 6.29 Å². The van der Waals surface area contributed by atoms with Crippen LogP contribution in [0.25, 0.3) is 0 Å². The molecular formula is C66H126NO8+. The fourth-order valence-corrected chi connectivity index (χ4v) is 9.70. The van der Waals surface area contributed by atoms with Crippen LogP contribution in [0.5, 0.6) is 0 Å². The maximum atomic E-state index is 12.9. The van der Waals surface area contributed by atoms with Gasteiger partial charge >= 0.3 is 17.9 Å². The lowest BCUT2D eigenvalue weighted by molar-refractivity contribution is -0.870. The van der Waals surface area contributed by atoms with Crippen molar-refractivity contribution in [1.29, 1.82) is 0 Å². The molecule has 0 aromatic carbocycles. The fourth-order valence-electron chi connectivity index (χ4n) is 9.70. The summed E-state index contributed by atoms with van der Waals surface area (Å²) < 4.78 is 23.0. The normalized spacial score (nSPS) is 12.8. The molecule has 0 rings (SSSR count). The Labute approximate surface area is 465 Å². The van der Waals surface area contributed by atoms with Crippen molar-refractivity contribution < 1.29 is 42.9 Å². The largest absolute Gasteiger partial charge is 0.477 e. The zero-order valence-electron chi connectivity index (χ0n) is 50.5. The number of quaternary nitrogens is 1. The van der Waals surface area contributed by atoms with Crippen LogP contribution in [-0.4, -0.2) is 87.4 Å². The molecular weight excluding hydrogens is 935 g/mol. The van der Waals surface area contributed by atoms with Crippen LogP contribution in [0, 0.1) is 0 Å². The first-order valence-electron chi connectivity index (χ1n) is 32.5. The molecule has 0 aliphatic heterocycles. The Kier molecular flexibility index (Phi) is 56.2. The summed E-state index contributed by atoms with van der Waals surface area (Å²) in [6.07, 6.45) is 67.0. The van der Waals surface area contributed by atoms with Crippen molar-refractivity contribution in [2.45, 2.75) is 334 Å². The number of ether oxygens (including phenoxy) is 4. The highest BCUT2D eigenvalue weighted by atomic mass is 16.7. The van der Waals surface area contributed by atoms with Crippen molar-refractivity contribution in [3.05, 3.63) is 24.3 Å². The molecule has 0 radical (unpaired) electrons. The Balaban J connectivity index is 4.12. The molecule has 0 heterocycles. The number of hydrogen-bond acceptors (Lipinski definition) is 7. The Morgan fingerprint density at radius 2 is 0.720 bits per heavy atom. The molecule has 1 N–H and O–H groups in total. The number of carbonyl (C=O) groups excluding carboxylic acids is 2. The molecule has 0 bridgehead atoms. The number of rotatable bonds is 61. The first-order valence-corrected chi connectivity index (χ1v) is 32.5. The molecule has 0 saturated heterocycles. The molecule has 9 nitrogen and oxygen atoms in total. The SMILES string of the molecule is CCCCCCC/C=C\C/C=C\CCCCCCCCCCCCCC(=O)OC(COC(=O)CCCCCCCCCCCCCCCCCCCCCCCCCCCCC)COC(OCC[N+](C)(C)C)C(=O)O. The number of hydrogen-bond donors (Lipinski definition) is 1. The predicted molar refractivity (Wildman–Crippen MR) is 318 cm³/mol. The van der Waals surface area contributed by atoms with Crippen LogP contribution in [0.3, 0.4) is 0 Å². The van der Waals surface area contributed by atoms with Gasteiger partial charge in [0.15, 0.2) is 6.10 Å². The third-order valence-corrected chi connectivity index (χ3v) is 14.7. The van der Waals surface area contributed by atoms with Gasteiger partial charge in [0.05, 0.1) is 34.4 Å². The summed E-state index contributed by atoms with van der Waals surface area (Å²) in [6, 6.07) is 0. The lowest BCUT2D eigenvalue weighted by Gasteiger charge is -2.25. The molecule has 75 heavy (non-hydrogen) atoms. The highest BCUT2D eigenvalue weighted by Gasteiger charge is 2.25. The van der Waals surface area contributed by atoms with Crippen LogP contribution < -0.4 is 0 Å². The van der Waals surface area contributed by atoms with Crippen LogP contribution in [0.15, 0.2) is 24.3 Å². The minimum atomic E-state index is -1.51. The molecule has 0 aliphatic carbocycles. The maximum absolute atomic E-state index is 12.9. The summed E-state index contributed by atoms with van der Waals surface area (Å²) >= 11 is 0. The van der Waals surface area contributed by atoms with Crippen molar-refractivity contribution in [3.8, 4) is 0 Å². The van der Waals surface area contributed by atoms with Crippen LogP contribution in [-0.2, 0) is 33.3 Å². The first-order chi connectivity index (χ1) is 36.6. The van der Waals surface area contributed by atoms with Crippen LogP contribution >= 0.6 is 0 Å². The van der Waals surface area contributed by atoms with E-state index in [1.807, 2.05) is 21.1 Å². The number of unbranched alkanes of at least 4 members (excludes halogenated alkanes) is 42. The number of carbonyl (C=O) groups is 3. The van der Waals surface area contributed by atoms with E-state index >= 15 is 0 Å². The molecule has 2 unspecified atom stereocenters. The van der Waals surface area contributed by atoms with Gasteiger partial charge in [-0.3, -0.25) is 9.59 Å². The fraction of sp³-hybridized carbons (Fsp3) is 0.894. The topological polar surface area (TPSA) is 108 Å². The number of likely N-dealkylation sites (N-methyl/N-ethyl adjacent to an activating group) is 1. The van der Waals surface area contributed by atoms with Gasteiger partial charge in [-0.2, -0.15) is 0 Å². The molecule has 442 valence electrons. The zero-order valence-corrected chi connectivity index (χ0v) is 50.5. The molecule has 0 aromatic rings. The first kappa shape index (κ1) is 72.8. The number of nitrogens with zero attached hydrogens (tertiary/aromatic N) is 1. The van der Waals surface area contributed by atoms with Gasteiger partial charge in [0, 0.05) is 12.8 Å². The van der Waals surface area contributed by atoms with Crippen molar-refractivity contribution in [2.24, 2.45) is 0 Å². The van der Waals surface area contributed by atoms with Gasteiger partial charge in [-0.1, -0.05) is 289 Å². The van der Waals surface area contributed by atoms with Gasteiger partial charge in [-0.05, 0) is 44.9 Å². The van der Waals surface area contributed by atoms with E-state index in [0.717, 1.165) is 44.9 Å². The van der Waals surface area contributed by atoms with Crippen molar-refractivity contribution >= 4 is 17.9 Å². The minimum Gasteiger partial charge on any atom is -0.477 e. The molecule has 0 aliphatic rings. The second-order valence-corrected chi connectivity index (χ2v) is 23.4. The van der Waals surface area contributed by atoms with E-state index in [4.69, 9.17) is 18.9 Å². The third-order valence-electron chi connectivity index (χ3n) is 14.7. The number of allylic oxidation sites excluding steroid dienone is 4. The monoisotopic (exact) mass is 1060 g/mol. The lowest BCUT2D eigenvalue weighted by atomic mass is 10.0. The number of carboxylic acids is 1. The molecule has 0 amide bonds. The minimum absolute atomic E-state index is 0.177.